The number of hydrogen-bond donors (Lipinski definition) is 1. The number of nitrogens with zero attached hydrogens (tertiary/aromatic N) is 1. The van der Waals surface area contributed by atoms with Crippen molar-refractivity contribution in [2.45, 2.75) is 12.0 Å². The number of benzene rings is 2. The van der Waals surface area contributed by atoms with Gasteiger partial charge in [0.25, 0.3) is 5.91 Å². The van der Waals surface area contributed by atoms with Crippen molar-refractivity contribution in [2.24, 2.45) is 0 Å². The number of hydrogen-bond acceptors (Lipinski definition) is 3. The number of anilines is 1. The van der Waals surface area contributed by atoms with Crippen LogP contribution in [0.15, 0.2) is 61.2 Å². The molecule has 0 radical (unpaired) electrons. The molecule has 5 heteroatoms. The highest BCUT2D eigenvalue weighted by Gasteiger charge is 2.50. The van der Waals surface area contributed by atoms with Gasteiger partial charge in [-0.1, -0.05) is 24.3 Å². The molecule has 0 aromatic heterocycles. The topological polar surface area (TPSA) is 57.6 Å². The lowest BCUT2D eigenvalue weighted by molar-refractivity contribution is -0.135. The van der Waals surface area contributed by atoms with Crippen LogP contribution in [0.25, 0.3) is 0 Å². The summed E-state index contributed by atoms with van der Waals surface area (Å²) in [6, 6.07) is 11.8. The highest BCUT2D eigenvalue weighted by atomic mass is 19.1. The molecule has 1 N–H and O–H groups in total. The van der Waals surface area contributed by atoms with Crippen molar-refractivity contribution in [3.05, 3.63) is 78.1 Å². The number of halogens is 1. The van der Waals surface area contributed by atoms with E-state index in [0.29, 0.717) is 11.3 Å². The summed E-state index contributed by atoms with van der Waals surface area (Å²) in [5.41, 5.74) is -0.716. The number of amides is 1. The molecule has 0 fully saturated rings. The monoisotopic (exact) mass is 325 g/mol. The van der Waals surface area contributed by atoms with Gasteiger partial charge in [-0.25, -0.2) is 4.39 Å². The largest absolute Gasteiger partial charge is 0.375 e. The zero-order chi connectivity index (χ0) is 17.3. The molecule has 24 heavy (non-hydrogen) atoms. The lowest BCUT2D eigenvalue weighted by Crippen LogP contribution is -2.41. The summed E-state index contributed by atoms with van der Waals surface area (Å²) in [5.74, 6) is -1.44. The molecular weight excluding hydrogens is 309 g/mol. The first kappa shape index (κ1) is 16.1. The smallest absolute Gasteiger partial charge is 0.264 e. The van der Waals surface area contributed by atoms with Gasteiger partial charge >= 0.3 is 0 Å². The van der Waals surface area contributed by atoms with Crippen molar-refractivity contribution < 1.29 is 19.1 Å². The Morgan fingerprint density at radius 3 is 2.54 bits per heavy atom. The van der Waals surface area contributed by atoms with Gasteiger partial charge in [0.05, 0.1) is 12.1 Å². The maximum Gasteiger partial charge on any atom is 0.264 e. The molecule has 1 heterocycles. The number of para-hydroxylation sites is 1. The van der Waals surface area contributed by atoms with Crippen LogP contribution in [0.4, 0.5) is 10.1 Å². The fourth-order valence-electron chi connectivity index (χ4n) is 2.96. The minimum atomic E-state index is -1.93. The fraction of sp³-hybridized carbons (Fsp3) is 0.158. The van der Waals surface area contributed by atoms with Gasteiger partial charge in [0.15, 0.2) is 11.4 Å². The van der Waals surface area contributed by atoms with E-state index in [9.17, 15) is 19.1 Å². The van der Waals surface area contributed by atoms with Gasteiger partial charge in [0.2, 0.25) is 0 Å². The molecule has 1 aliphatic rings. The summed E-state index contributed by atoms with van der Waals surface area (Å²) in [6.45, 7) is 3.86. The average Bonchev–Trinajstić information content (AvgIpc) is 2.78. The normalized spacial score (nSPS) is 19.2. The van der Waals surface area contributed by atoms with Crippen LogP contribution in [0.3, 0.4) is 0 Å². The molecular formula is C19H16FNO3. The molecule has 2 aromatic rings. The van der Waals surface area contributed by atoms with Crippen LogP contribution < -0.4 is 4.90 Å². The summed E-state index contributed by atoms with van der Waals surface area (Å²) in [4.78, 5) is 26.6. The second-order valence-corrected chi connectivity index (χ2v) is 5.69. The number of Topliss-reactive ketones (excluding diaryl/α,β-unsaturated/α-hetero) is 1. The minimum Gasteiger partial charge on any atom is -0.375 e. The first-order valence-electron chi connectivity index (χ1n) is 7.51. The highest BCUT2D eigenvalue weighted by molar-refractivity contribution is 6.10. The Bertz CT molecular complexity index is 816. The Labute approximate surface area is 138 Å². The minimum absolute atomic E-state index is 0.239. The Hall–Kier alpha value is -2.79. The summed E-state index contributed by atoms with van der Waals surface area (Å²) >= 11 is 0. The second-order valence-electron chi connectivity index (χ2n) is 5.69. The lowest BCUT2D eigenvalue weighted by Gasteiger charge is -2.22. The Morgan fingerprint density at radius 2 is 1.88 bits per heavy atom. The maximum atomic E-state index is 13.0. The van der Waals surface area contributed by atoms with E-state index in [-0.39, 0.29) is 12.1 Å². The number of ketones is 1. The molecule has 4 nitrogen and oxygen atoms in total. The molecule has 3 rings (SSSR count). The van der Waals surface area contributed by atoms with Gasteiger partial charge in [-0.05, 0) is 30.3 Å². The van der Waals surface area contributed by atoms with E-state index < -0.39 is 29.5 Å². The van der Waals surface area contributed by atoms with Gasteiger partial charge in [0, 0.05) is 17.7 Å². The molecule has 0 saturated carbocycles. The van der Waals surface area contributed by atoms with Gasteiger partial charge in [0.1, 0.15) is 5.82 Å². The predicted molar refractivity (Wildman–Crippen MR) is 88.2 cm³/mol. The van der Waals surface area contributed by atoms with Gasteiger partial charge in [-0.15, -0.1) is 6.58 Å². The zero-order valence-corrected chi connectivity index (χ0v) is 12.9. The predicted octanol–water partition coefficient (Wildman–Crippen LogP) is 2.82. The van der Waals surface area contributed by atoms with E-state index in [1.807, 2.05) is 0 Å². The number of carbonyl (C=O) groups is 2. The standard InChI is InChI=1S/C19H16FNO3/c1-2-11-21-16-6-4-3-5-15(16)19(24,18(21)23)12-17(22)13-7-9-14(20)10-8-13/h2-10,24H,1,11-12H2/t19-/m0/s1. The van der Waals surface area contributed by atoms with Crippen molar-refractivity contribution in [2.75, 3.05) is 11.4 Å². The number of fused-ring (bicyclic) bond motifs is 1. The molecule has 1 amide bonds. The van der Waals surface area contributed by atoms with E-state index >= 15 is 0 Å². The van der Waals surface area contributed by atoms with Gasteiger partial charge in [-0.3, -0.25) is 9.59 Å². The van der Waals surface area contributed by atoms with E-state index in [1.165, 1.54) is 29.2 Å². The number of carbonyl (C=O) groups excluding carboxylic acids is 2. The molecule has 0 spiro atoms. The number of aliphatic hydroxyl groups is 1. The quantitative estimate of drug-likeness (QED) is 0.679. The molecule has 1 atom stereocenters. The summed E-state index contributed by atoms with van der Waals surface area (Å²) in [6.07, 6.45) is 1.16. The fourth-order valence-corrected chi connectivity index (χ4v) is 2.96. The lowest BCUT2D eigenvalue weighted by atomic mass is 9.88. The first-order chi connectivity index (χ1) is 11.5. The van der Waals surface area contributed by atoms with E-state index in [0.717, 1.165) is 0 Å². The van der Waals surface area contributed by atoms with Crippen molar-refractivity contribution in [1.82, 2.24) is 0 Å². The Morgan fingerprint density at radius 1 is 1.21 bits per heavy atom. The van der Waals surface area contributed by atoms with Crippen LogP contribution >= 0.6 is 0 Å². The summed E-state index contributed by atoms with van der Waals surface area (Å²) in [5, 5.41) is 11.0. The Balaban J connectivity index is 1.97. The van der Waals surface area contributed by atoms with E-state index in [4.69, 9.17) is 0 Å². The summed E-state index contributed by atoms with van der Waals surface area (Å²) in [7, 11) is 0. The average molecular weight is 325 g/mol. The third kappa shape index (κ3) is 2.53. The molecule has 122 valence electrons. The van der Waals surface area contributed by atoms with Crippen molar-refractivity contribution in [3.63, 3.8) is 0 Å². The molecule has 2 aromatic carbocycles. The molecule has 0 bridgehead atoms. The third-order valence-electron chi connectivity index (χ3n) is 4.13. The molecule has 0 saturated heterocycles. The van der Waals surface area contributed by atoms with Crippen molar-refractivity contribution >= 4 is 17.4 Å². The van der Waals surface area contributed by atoms with Crippen LogP contribution in [0.1, 0.15) is 22.3 Å². The maximum absolute atomic E-state index is 13.0. The van der Waals surface area contributed by atoms with Crippen molar-refractivity contribution in [3.8, 4) is 0 Å². The summed E-state index contributed by atoms with van der Waals surface area (Å²) < 4.78 is 13.0. The SMILES string of the molecule is C=CCN1C(=O)[C@](O)(CC(=O)c2ccc(F)cc2)c2ccccc21. The van der Waals surface area contributed by atoms with Crippen LogP contribution in [0, 0.1) is 5.82 Å². The molecule has 1 aliphatic heterocycles. The molecule has 0 aliphatic carbocycles. The van der Waals surface area contributed by atoms with Crippen LogP contribution in [0.5, 0.6) is 0 Å². The first-order valence-corrected chi connectivity index (χ1v) is 7.51. The van der Waals surface area contributed by atoms with Gasteiger partial charge < -0.3 is 10.0 Å². The third-order valence-corrected chi connectivity index (χ3v) is 4.13. The van der Waals surface area contributed by atoms with Crippen LogP contribution in [-0.2, 0) is 10.4 Å². The Kier molecular flexibility index (Phi) is 4.03. The van der Waals surface area contributed by atoms with E-state index in [2.05, 4.69) is 6.58 Å². The highest BCUT2D eigenvalue weighted by Crippen LogP contribution is 2.42. The zero-order valence-electron chi connectivity index (χ0n) is 12.9. The van der Waals surface area contributed by atoms with E-state index in [1.54, 1.807) is 30.3 Å². The van der Waals surface area contributed by atoms with Crippen LogP contribution in [-0.4, -0.2) is 23.3 Å². The molecule has 0 unspecified atom stereocenters. The van der Waals surface area contributed by atoms with Crippen molar-refractivity contribution in [1.29, 1.82) is 0 Å². The van der Waals surface area contributed by atoms with Gasteiger partial charge in [-0.2, -0.15) is 0 Å². The number of rotatable bonds is 5. The van der Waals surface area contributed by atoms with Crippen LogP contribution in [0.2, 0.25) is 0 Å². The second kappa shape index (κ2) is 6.02.